The SMILES string of the molecule is CN(C)CC1Nc2ccccc2C1C1c2cc(O)ccc2C(=O)N1C. The number of carbonyl (C=O) groups is 1. The quantitative estimate of drug-likeness (QED) is 0.904. The third kappa shape index (κ3) is 2.46. The molecule has 2 aromatic rings. The molecule has 2 aromatic carbocycles. The molecule has 0 aromatic heterocycles. The van der Waals surface area contributed by atoms with Gasteiger partial charge in [-0.15, -0.1) is 0 Å². The van der Waals surface area contributed by atoms with E-state index in [-0.39, 0.29) is 29.7 Å². The Morgan fingerprint density at radius 2 is 1.92 bits per heavy atom. The fraction of sp³-hybridized carbons (Fsp3) is 0.350. The van der Waals surface area contributed by atoms with Crippen LogP contribution in [0.4, 0.5) is 5.69 Å². The average Bonchev–Trinajstić information content (AvgIpc) is 3.02. The van der Waals surface area contributed by atoms with E-state index in [1.165, 1.54) is 5.56 Å². The summed E-state index contributed by atoms with van der Waals surface area (Å²) in [5.74, 6) is 0.360. The highest BCUT2D eigenvalue weighted by atomic mass is 16.3. The third-order valence-electron chi connectivity index (χ3n) is 5.32. The van der Waals surface area contributed by atoms with E-state index in [4.69, 9.17) is 0 Å². The summed E-state index contributed by atoms with van der Waals surface area (Å²) in [4.78, 5) is 16.7. The Bertz CT molecular complexity index is 833. The summed E-state index contributed by atoms with van der Waals surface area (Å²) < 4.78 is 0. The van der Waals surface area contributed by atoms with Crippen LogP contribution in [0, 0.1) is 0 Å². The molecule has 5 nitrogen and oxygen atoms in total. The molecule has 25 heavy (non-hydrogen) atoms. The standard InChI is InChI=1S/C20H23N3O2/c1-22(2)11-17-18(14-6-4-5-7-16(14)21-17)19-15-10-12(24)8-9-13(15)20(25)23(19)3/h4-10,17-19,21,24H,11H2,1-3H3. The van der Waals surface area contributed by atoms with Crippen LogP contribution in [0.3, 0.4) is 0 Å². The predicted molar refractivity (Wildman–Crippen MR) is 98.1 cm³/mol. The van der Waals surface area contributed by atoms with Crippen molar-refractivity contribution in [2.24, 2.45) is 0 Å². The highest BCUT2D eigenvalue weighted by Crippen LogP contribution is 2.50. The minimum Gasteiger partial charge on any atom is -0.508 e. The first-order valence-electron chi connectivity index (χ1n) is 8.57. The molecule has 0 bridgehead atoms. The number of para-hydroxylation sites is 1. The van der Waals surface area contributed by atoms with Gasteiger partial charge in [0.2, 0.25) is 0 Å². The van der Waals surface area contributed by atoms with Crippen LogP contribution in [-0.4, -0.2) is 54.5 Å². The zero-order valence-electron chi connectivity index (χ0n) is 14.7. The van der Waals surface area contributed by atoms with E-state index in [0.29, 0.717) is 5.56 Å². The monoisotopic (exact) mass is 337 g/mol. The smallest absolute Gasteiger partial charge is 0.254 e. The molecule has 0 spiro atoms. The van der Waals surface area contributed by atoms with E-state index in [2.05, 4.69) is 36.4 Å². The number of nitrogens with zero attached hydrogens (tertiary/aromatic N) is 2. The first-order valence-corrected chi connectivity index (χ1v) is 8.57. The maximum Gasteiger partial charge on any atom is 0.254 e. The van der Waals surface area contributed by atoms with Crippen molar-refractivity contribution in [2.45, 2.75) is 18.0 Å². The second-order valence-electron chi connectivity index (χ2n) is 7.26. The van der Waals surface area contributed by atoms with E-state index in [9.17, 15) is 9.90 Å². The van der Waals surface area contributed by atoms with E-state index in [1.807, 2.05) is 24.1 Å². The molecule has 4 rings (SSSR count). The normalized spacial score (nSPS) is 24.4. The Balaban J connectivity index is 1.84. The van der Waals surface area contributed by atoms with Crippen LogP contribution in [0.25, 0.3) is 0 Å². The number of benzene rings is 2. The Hall–Kier alpha value is -2.53. The molecular formula is C20H23N3O2. The van der Waals surface area contributed by atoms with Crippen molar-refractivity contribution < 1.29 is 9.90 Å². The second kappa shape index (κ2) is 5.77. The van der Waals surface area contributed by atoms with Crippen LogP contribution >= 0.6 is 0 Å². The number of nitrogens with one attached hydrogen (secondary N) is 1. The number of phenols is 1. The van der Waals surface area contributed by atoms with Crippen molar-refractivity contribution >= 4 is 11.6 Å². The molecule has 5 heteroatoms. The molecule has 0 radical (unpaired) electrons. The van der Waals surface area contributed by atoms with Crippen molar-refractivity contribution in [3.63, 3.8) is 0 Å². The van der Waals surface area contributed by atoms with E-state index in [0.717, 1.165) is 17.8 Å². The van der Waals surface area contributed by atoms with Crippen LogP contribution in [0.15, 0.2) is 42.5 Å². The maximum absolute atomic E-state index is 12.7. The van der Waals surface area contributed by atoms with Gasteiger partial charge in [0.05, 0.1) is 6.04 Å². The molecule has 0 aliphatic carbocycles. The number of rotatable bonds is 3. The first-order chi connectivity index (χ1) is 12.0. The molecule has 2 heterocycles. The average molecular weight is 337 g/mol. The molecule has 2 aliphatic rings. The fourth-order valence-corrected chi connectivity index (χ4v) is 4.32. The van der Waals surface area contributed by atoms with Gasteiger partial charge in [-0.1, -0.05) is 18.2 Å². The van der Waals surface area contributed by atoms with Crippen molar-refractivity contribution in [3.05, 3.63) is 59.2 Å². The molecule has 1 amide bonds. The van der Waals surface area contributed by atoms with Crippen LogP contribution in [-0.2, 0) is 0 Å². The molecular weight excluding hydrogens is 314 g/mol. The fourth-order valence-electron chi connectivity index (χ4n) is 4.32. The predicted octanol–water partition coefficient (Wildman–Crippen LogP) is 2.66. The maximum atomic E-state index is 12.7. The third-order valence-corrected chi connectivity index (χ3v) is 5.32. The lowest BCUT2D eigenvalue weighted by Gasteiger charge is -2.32. The lowest BCUT2D eigenvalue weighted by Crippen LogP contribution is -2.39. The van der Waals surface area contributed by atoms with E-state index < -0.39 is 0 Å². The number of amides is 1. The van der Waals surface area contributed by atoms with Crippen LogP contribution in [0.2, 0.25) is 0 Å². The molecule has 0 fully saturated rings. The topological polar surface area (TPSA) is 55.8 Å². The van der Waals surface area contributed by atoms with Crippen LogP contribution < -0.4 is 5.32 Å². The Labute approximate surface area is 147 Å². The number of aromatic hydroxyl groups is 1. The zero-order chi connectivity index (χ0) is 17.7. The Morgan fingerprint density at radius 1 is 1.16 bits per heavy atom. The first kappa shape index (κ1) is 16.0. The van der Waals surface area contributed by atoms with Gasteiger partial charge < -0.3 is 20.2 Å². The summed E-state index contributed by atoms with van der Waals surface area (Å²) in [5.41, 5.74) is 3.97. The number of hydrogen-bond acceptors (Lipinski definition) is 4. The molecule has 0 saturated carbocycles. The summed E-state index contributed by atoms with van der Waals surface area (Å²) in [5, 5.41) is 13.6. The van der Waals surface area contributed by atoms with Crippen molar-refractivity contribution in [2.75, 3.05) is 33.0 Å². The summed E-state index contributed by atoms with van der Waals surface area (Å²) >= 11 is 0. The van der Waals surface area contributed by atoms with Crippen molar-refractivity contribution in [1.29, 1.82) is 0 Å². The number of carbonyl (C=O) groups excluding carboxylic acids is 1. The van der Waals surface area contributed by atoms with Gasteiger partial charge in [0, 0.05) is 36.8 Å². The molecule has 0 saturated heterocycles. The summed E-state index contributed by atoms with van der Waals surface area (Å²) in [6.07, 6.45) is 0. The highest BCUT2D eigenvalue weighted by molar-refractivity contribution is 5.99. The van der Waals surface area contributed by atoms with E-state index in [1.54, 1.807) is 18.2 Å². The van der Waals surface area contributed by atoms with Gasteiger partial charge >= 0.3 is 0 Å². The van der Waals surface area contributed by atoms with Gasteiger partial charge in [0.1, 0.15) is 5.75 Å². The van der Waals surface area contributed by atoms with Crippen LogP contribution in [0.5, 0.6) is 5.75 Å². The Morgan fingerprint density at radius 3 is 2.68 bits per heavy atom. The summed E-state index contributed by atoms with van der Waals surface area (Å²) in [6.45, 7) is 0.867. The highest BCUT2D eigenvalue weighted by Gasteiger charge is 2.46. The van der Waals surface area contributed by atoms with Gasteiger partial charge in [-0.2, -0.15) is 0 Å². The number of anilines is 1. The van der Waals surface area contributed by atoms with Gasteiger partial charge in [0.25, 0.3) is 5.91 Å². The van der Waals surface area contributed by atoms with Gasteiger partial charge in [-0.05, 0) is 49.5 Å². The number of likely N-dealkylation sites (N-methyl/N-ethyl adjacent to an activating group) is 2. The Kier molecular flexibility index (Phi) is 3.69. The minimum absolute atomic E-state index is 0.0213. The number of fused-ring (bicyclic) bond motifs is 2. The minimum atomic E-state index is -0.0873. The number of phenolic OH excluding ortho intramolecular Hbond substituents is 1. The summed E-state index contributed by atoms with van der Waals surface area (Å²) in [6, 6.07) is 13.5. The van der Waals surface area contributed by atoms with Crippen molar-refractivity contribution in [1.82, 2.24) is 9.80 Å². The van der Waals surface area contributed by atoms with Crippen LogP contribution in [0.1, 0.15) is 33.4 Å². The molecule has 130 valence electrons. The van der Waals surface area contributed by atoms with Gasteiger partial charge in [-0.25, -0.2) is 0 Å². The van der Waals surface area contributed by atoms with Gasteiger partial charge in [0.15, 0.2) is 0 Å². The lowest BCUT2D eigenvalue weighted by atomic mass is 9.83. The lowest BCUT2D eigenvalue weighted by molar-refractivity contribution is 0.0749. The molecule has 2 aliphatic heterocycles. The molecule has 2 N–H and O–H groups in total. The van der Waals surface area contributed by atoms with Gasteiger partial charge in [-0.3, -0.25) is 4.79 Å². The largest absolute Gasteiger partial charge is 0.508 e. The van der Waals surface area contributed by atoms with E-state index >= 15 is 0 Å². The zero-order valence-corrected chi connectivity index (χ0v) is 14.7. The van der Waals surface area contributed by atoms with Crippen molar-refractivity contribution in [3.8, 4) is 5.75 Å². The molecule has 3 atom stereocenters. The summed E-state index contributed by atoms with van der Waals surface area (Å²) in [7, 11) is 5.98. The number of hydrogen-bond donors (Lipinski definition) is 2. The second-order valence-corrected chi connectivity index (χ2v) is 7.26. The molecule has 3 unspecified atom stereocenters.